The molecule has 6 nitrogen and oxygen atoms in total. The number of rotatable bonds is 2. The zero-order valence-electron chi connectivity index (χ0n) is 12.5. The number of nitrogens with one attached hydrogen (secondary N) is 1. The Labute approximate surface area is 134 Å². The highest BCUT2D eigenvalue weighted by molar-refractivity contribution is 5.89. The predicted octanol–water partition coefficient (Wildman–Crippen LogP) is 2.45. The van der Waals surface area contributed by atoms with E-state index < -0.39 is 22.5 Å². The highest BCUT2D eigenvalue weighted by Gasteiger charge is 2.77. The molecule has 6 heteroatoms. The quantitative estimate of drug-likeness (QED) is 0.901. The summed E-state index contributed by atoms with van der Waals surface area (Å²) in [7, 11) is 0. The molecule has 1 N–H and O–H groups in total. The minimum Gasteiger partial charge on any atom is -0.443 e. The maximum absolute atomic E-state index is 9.87. The van der Waals surface area contributed by atoms with Gasteiger partial charge in [-0.15, -0.1) is 0 Å². The van der Waals surface area contributed by atoms with E-state index in [1.165, 1.54) is 0 Å². The van der Waals surface area contributed by atoms with Crippen LogP contribution in [0.15, 0.2) is 30.3 Å². The van der Waals surface area contributed by atoms with Crippen LogP contribution in [0, 0.1) is 56.2 Å². The van der Waals surface area contributed by atoms with Crippen molar-refractivity contribution in [1.29, 1.82) is 21.2 Å². The average molecular weight is 306 g/mol. The number of hydrogen-bond acceptors (Lipinski definition) is 6. The van der Waals surface area contributed by atoms with Gasteiger partial charge < -0.3 is 9.47 Å². The largest absolute Gasteiger partial charge is 0.443 e. The minimum atomic E-state index is -1.76. The molecule has 0 aliphatic carbocycles. The molecule has 2 heterocycles. The smallest absolute Gasteiger partial charge is 0.243 e. The van der Waals surface area contributed by atoms with E-state index in [1.807, 2.05) is 37.3 Å². The first-order chi connectivity index (χ1) is 11.1. The van der Waals surface area contributed by atoms with Crippen LogP contribution in [-0.2, 0) is 15.3 Å². The van der Waals surface area contributed by atoms with Crippen LogP contribution in [0.5, 0.6) is 0 Å². The van der Waals surface area contributed by atoms with Crippen molar-refractivity contribution in [2.75, 3.05) is 6.61 Å². The molecule has 0 spiro atoms. The van der Waals surface area contributed by atoms with Crippen LogP contribution < -0.4 is 0 Å². The first-order valence-corrected chi connectivity index (χ1v) is 7.28. The molecule has 2 saturated heterocycles. The summed E-state index contributed by atoms with van der Waals surface area (Å²) >= 11 is 0. The van der Waals surface area contributed by atoms with Crippen LogP contribution in [0.25, 0.3) is 0 Å². The van der Waals surface area contributed by atoms with Crippen molar-refractivity contribution in [3.05, 3.63) is 35.9 Å². The van der Waals surface area contributed by atoms with Crippen molar-refractivity contribution < 1.29 is 9.47 Å². The zero-order chi connectivity index (χ0) is 16.7. The van der Waals surface area contributed by atoms with E-state index in [2.05, 4.69) is 6.07 Å². The Kier molecular flexibility index (Phi) is 3.14. The van der Waals surface area contributed by atoms with E-state index in [9.17, 15) is 15.8 Å². The van der Waals surface area contributed by atoms with Gasteiger partial charge in [0.2, 0.25) is 11.7 Å². The fourth-order valence-electron chi connectivity index (χ4n) is 3.78. The number of fused-ring (bicyclic) bond motifs is 2. The highest BCUT2D eigenvalue weighted by Crippen LogP contribution is 2.64. The monoisotopic (exact) mass is 306 g/mol. The lowest BCUT2D eigenvalue weighted by atomic mass is 9.56. The summed E-state index contributed by atoms with van der Waals surface area (Å²) in [5, 5.41) is 37.3. The van der Waals surface area contributed by atoms with Gasteiger partial charge in [-0.2, -0.15) is 15.8 Å². The molecule has 2 fully saturated rings. The third kappa shape index (κ3) is 1.50. The molecule has 114 valence electrons. The third-order valence-electron chi connectivity index (χ3n) is 4.91. The van der Waals surface area contributed by atoms with Gasteiger partial charge in [-0.3, -0.25) is 5.41 Å². The normalized spacial score (nSPS) is 33.8. The Bertz CT molecular complexity index is 772. The van der Waals surface area contributed by atoms with Crippen molar-refractivity contribution in [3.63, 3.8) is 0 Å². The Balaban J connectivity index is 2.29. The molecule has 0 radical (unpaired) electrons. The molecule has 3 rings (SSSR count). The van der Waals surface area contributed by atoms with E-state index in [-0.39, 0.29) is 12.5 Å². The summed E-state index contributed by atoms with van der Waals surface area (Å²) < 4.78 is 11.6. The lowest BCUT2D eigenvalue weighted by Crippen LogP contribution is -2.57. The van der Waals surface area contributed by atoms with Crippen molar-refractivity contribution in [3.8, 4) is 18.2 Å². The SMILES string of the molecule is CCC1C2(c3ccccc3)OCC(C#N)(C#N)C1(C#N)C(=N)O2. The van der Waals surface area contributed by atoms with Gasteiger partial charge in [0.05, 0.1) is 30.7 Å². The molecule has 23 heavy (non-hydrogen) atoms. The van der Waals surface area contributed by atoms with Crippen molar-refractivity contribution >= 4 is 5.90 Å². The number of nitrogens with zero attached hydrogens (tertiary/aromatic N) is 3. The second-order valence-electron chi connectivity index (χ2n) is 5.76. The lowest BCUT2D eigenvalue weighted by Gasteiger charge is -2.45. The molecular weight excluding hydrogens is 292 g/mol. The lowest BCUT2D eigenvalue weighted by molar-refractivity contribution is -0.257. The van der Waals surface area contributed by atoms with Gasteiger partial charge in [0.15, 0.2) is 10.8 Å². The molecule has 3 atom stereocenters. The topological polar surface area (TPSA) is 114 Å². The summed E-state index contributed by atoms with van der Waals surface area (Å²) in [5.74, 6) is -2.29. The van der Waals surface area contributed by atoms with Gasteiger partial charge in [-0.05, 0) is 6.42 Å². The van der Waals surface area contributed by atoms with Crippen LogP contribution in [0.4, 0.5) is 0 Å². The third-order valence-corrected chi connectivity index (χ3v) is 4.91. The van der Waals surface area contributed by atoms with E-state index in [0.717, 1.165) is 0 Å². The van der Waals surface area contributed by atoms with Crippen molar-refractivity contribution in [1.82, 2.24) is 0 Å². The van der Waals surface area contributed by atoms with E-state index >= 15 is 0 Å². The minimum absolute atomic E-state index is 0.276. The second kappa shape index (κ2) is 4.81. The molecular formula is C17H14N4O2. The summed E-state index contributed by atoms with van der Waals surface area (Å²) in [6.07, 6.45) is 0.427. The molecule has 0 amide bonds. The fraction of sp³-hybridized carbons (Fsp3) is 0.412. The summed E-state index contributed by atoms with van der Waals surface area (Å²) in [4.78, 5) is 0. The zero-order valence-corrected chi connectivity index (χ0v) is 12.5. The Hall–Kier alpha value is -2.88. The van der Waals surface area contributed by atoms with Crippen LogP contribution >= 0.6 is 0 Å². The molecule has 0 aromatic heterocycles. The molecule has 0 saturated carbocycles. The van der Waals surface area contributed by atoms with Crippen molar-refractivity contribution in [2.45, 2.75) is 19.1 Å². The van der Waals surface area contributed by atoms with Crippen LogP contribution in [-0.4, -0.2) is 12.5 Å². The first kappa shape index (κ1) is 15.0. The summed E-state index contributed by atoms with van der Waals surface area (Å²) in [6.45, 7) is 1.56. The first-order valence-electron chi connectivity index (χ1n) is 7.28. The Morgan fingerprint density at radius 1 is 1.17 bits per heavy atom. The molecule has 2 aliphatic heterocycles. The number of ether oxygens (including phenoxy) is 2. The maximum atomic E-state index is 9.87. The predicted molar refractivity (Wildman–Crippen MR) is 78.4 cm³/mol. The van der Waals surface area contributed by atoms with Gasteiger partial charge in [0.25, 0.3) is 0 Å². The maximum Gasteiger partial charge on any atom is 0.243 e. The van der Waals surface area contributed by atoms with E-state index in [0.29, 0.717) is 12.0 Å². The van der Waals surface area contributed by atoms with Gasteiger partial charge >= 0.3 is 0 Å². The Morgan fingerprint density at radius 2 is 1.83 bits per heavy atom. The highest BCUT2D eigenvalue weighted by atomic mass is 16.7. The summed E-state index contributed by atoms with van der Waals surface area (Å²) in [6, 6.07) is 15.0. The van der Waals surface area contributed by atoms with Gasteiger partial charge in [0.1, 0.15) is 0 Å². The van der Waals surface area contributed by atoms with Crippen LogP contribution in [0.1, 0.15) is 18.9 Å². The average Bonchev–Trinajstić information content (AvgIpc) is 2.80. The molecule has 3 unspecified atom stereocenters. The van der Waals surface area contributed by atoms with E-state index in [4.69, 9.17) is 14.9 Å². The standard InChI is InChI=1S/C17H14N4O2/c1-2-13-16(10-20)14(21)23-17(13,12-6-4-3-5-7-12)22-11-15(16,8-18)9-19/h3-7,13,21H,2,11H2,1H3. The van der Waals surface area contributed by atoms with Gasteiger partial charge in [-0.1, -0.05) is 37.3 Å². The van der Waals surface area contributed by atoms with Crippen molar-refractivity contribution in [2.24, 2.45) is 16.7 Å². The molecule has 1 aromatic carbocycles. The van der Waals surface area contributed by atoms with E-state index in [1.54, 1.807) is 12.1 Å². The molecule has 2 aliphatic rings. The second-order valence-corrected chi connectivity index (χ2v) is 5.76. The number of benzene rings is 1. The van der Waals surface area contributed by atoms with Gasteiger partial charge in [0, 0.05) is 5.56 Å². The molecule has 2 bridgehead atoms. The number of nitriles is 3. The van der Waals surface area contributed by atoms with Gasteiger partial charge in [-0.25, -0.2) is 0 Å². The summed E-state index contributed by atoms with van der Waals surface area (Å²) in [5.41, 5.74) is -2.72. The Morgan fingerprint density at radius 3 is 2.35 bits per heavy atom. The van der Waals surface area contributed by atoms with Crippen LogP contribution in [0.2, 0.25) is 0 Å². The molecule has 1 aromatic rings. The van der Waals surface area contributed by atoms with Crippen LogP contribution in [0.3, 0.4) is 0 Å². The number of hydrogen-bond donors (Lipinski definition) is 1. The fourth-order valence-corrected chi connectivity index (χ4v) is 3.78.